The monoisotopic (exact) mass is 226 g/mol. The second-order valence-electron chi connectivity index (χ2n) is 4.62. The van der Waals surface area contributed by atoms with Crippen LogP contribution in [0.3, 0.4) is 0 Å². The van der Waals surface area contributed by atoms with Crippen molar-refractivity contribution in [3.63, 3.8) is 0 Å². The van der Waals surface area contributed by atoms with Crippen molar-refractivity contribution < 1.29 is 0 Å². The topological polar surface area (TPSA) is 52.0 Å². The van der Waals surface area contributed by atoms with E-state index in [2.05, 4.69) is 19.1 Å². The lowest BCUT2D eigenvalue weighted by atomic mass is 10.1. The standard InChI is InChI=1S/C14H30N2/c1-2-3-4-5-6-7-8-9-10-11-12-13-14(15)16/h7-8,14H,2-6,9-13,15-16H2,1H3/b8-7+. The van der Waals surface area contributed by atoms with E-state index in [1.807, 2.05) is 0 Å². The molecule has 0 bridgehead atoms. The first kappa shape index (κ1) is 15.7. The molecule has 0 amide bonds. The van der Waals surface area contributed by atoms with Gasteiger partial charge >= 0.3 is 0 Å². The number of rotatable bonds is 11. The summed E-state index contributed by atoms with van der Waals surface area (Å²) >= 11 is 0. The van der Waals surface area contributed by atoms with Crippen LogP contribution in [0.5, 0.6) is 0 Å². The number of unbranched alkanes of at least 4 members (excludes halogenated alkanes) is 7. The van der Waals surface area contributed by atoms with Gasteiger partial charge in [0, 0.05) is 0 Å². The van der Waals surface area contributed by atoms with Gasteiger partial charge in [0.15, 0.2) is 0 Å². The maximum absolute atomic E-state index is 5.48. The van der Waals surface area contributed by atoms with Crippen LogP contribution in [0, 0.1) is 0 Å². The number of hydrogen-bond donors (Lipinski definition) is 2. The smallest absolute Gasteiger partial charge is 0.0520 e. The summed E-state index contributed by atoms with van der Waals surface area (Å²) in [6.07, 6.45) is 17.1. The van der Waals surface area contributed by atoms with Crippen LogP contribution in [0.15, 0.2) is 12.2 Å². The van der Waals surface area contributed by atoms with Crippen LogP contribution < -0.4 is 11.5 Å². The summed E-state index contributed by atoms with van der Waals surface area (Å²) in [7, 11) is 0. The Kier molecular flexibility index (Phi) is 12.5. The van der Waals surface area contributed by atoms with Crippen LogP contribution in [0.25, 0.3) is 0 Å². The molecule has 0 rings (SSSR count). The summed E-state index contributed by atoms with van der Waals surface area (Å²) in [5.74, 6) is 0. The van der Waals surface area contributed by atoms with Crippen molar-refractivity contribution in [1.29, 1.82) is 0 Å². The Morgan fingerprint density at radius 2 is 1.38 bits per heavy atom. The molecule has 0 fully saturated rings. The molecule has 0 atom stereocenters. The van der Waals surface area contributed by atoms with E-state index in [1.165, 1.54) is 57.8 Å². The Morgan fingerprint density at radius 1 is 0.812 bits per heavy atom. The maximum atomic E-state index is 5.48. The summed E-state index contributed by atoms with van der Waals surface area (Å²) in [6, 6.07) is 0. The molecule has 0 aliphatic heterocycles. The minimum Gasteiger partial charge on any atom is -0.316 e. The zero-order valence-electron chi connectivity index (χ0n) is 11.0. The van der Waals surface area contributed by atoms with E-state index >= 15 is 0 Å². The second kappa shape index (κ2) is 12.7. The zero-order chi connectivity index (χ0) is 12.1. The number of allylic oxidation sites excluding steroid dienone is 2. The van der Waals surface area contributed by atoms with Crippen molar-refractivity contribution in [1.82, 2.24) is 0 Å². The average Bonchev–Trinajstić information content (AvgIpc) is 2.25. The highest BCUT2D eigenvalue weighted by Gasteiger charge is 1.93. The highest BCUT2D eigenvalue weighted by Crippen LogP contribution is 2.06. The third-order valence-electron chi connectivity index (χ3n) is 2.80. The molecule has 0 aliphatic rings. The Balaban J connectivity index is 3.04. The van der Waals surface area contributed by atoms with Gasteiger partial charge < -0.3 is 11.5 Å². The molecule has 0 aromatic rings. The van der Waals surface area contributed by atoms with Gasteiger partial charge in [0.2, 0.25) is 0 Å². The molecule has 0 unspecified atom stereocenters. The Bertz CT molecular complexity index is 153. The first-order valence-corrected chi connectivity index (χ1v) is 6.93. The van der Waals surface area contributed by atoms with Crippen LogP contribution in [0.2, 0.25) is 0 Å². The van der Waals surface area contributed by atoms with Crippen molar-refractivity contribution >= 4 is 0 Å². The van der Waals surface area contributed by atoms with Crippen LogP contribution in [-0.2, 0) is 0 Å². The molecule has 2 nitrogen and oxygen atoms in total. The van der Waals surface area contributed by atoms with Gasteiger partial charge in [0.25, 0.3) is 0 Å². The lowest BCUT2D eigenvalue weighted by molar-refractivity contribution is 0.566. The van der Waals surface area contributed by atoms with Crippen LogP contribution >= 0.6 is 0 Å². The summed E-state index contributed by atoms with van der Waals surface area (Å²) in [6.45, 7) is 2.25. The van der Waals surface area contributed by atoms with Crippen LogP contribution in [0.1, 0.15) is 71.1 Å². The van der Waals surface area contributed by atoms with Crippen molar-refractivity contribution in [2.24, 2.45) is 11.5 Å². The van der Waals surface area contributed by atoms with Gasteiger partial charge in [-0.2, -0.15) is 0 Å². The quantitative estimate of drug-likeness (QED) is 0.320. The van der Waals surface area contributed by atoms with Gasteiger partial charge in [-0.3, -0.25) is 0 Å². The SMILES string of the molecule is CCCCCC/C=C/CCCCCC(N)N. The normalized spacial score (nSPS) is 11.8. The highest BCUT2D eigenvalue weighted by molar-refractivity contribution is 4.81. The van der Waals surface area contributed by atoms with Crippen molar-refractivity contribution in [2.75, 3.05) is 0 Å². The van der Waals surface area contributed by atoms with E-state index < -0.39 is 0 Å². The molecule has 16 heavy (non-hydrogen) atoms. The van der Waals surface area contributed by atoms with Gasteiger partial charge in [-0.25, -0.2) is 0 Å². The minimum absolute atomic E-state index is 0.117. The Labute approximate surface area is 101 Å². The fraction of sp³-hybridized carbons (Fsp3) is 0.857. The van der Waals surface area contributed by atoms with E-state index in [4.69, 9.17) is 11.5 Å². The van der Waals surface area contributed by atoms with E-state index in [9.17, 15) is 0 Å². The average molecular weight is 226 g/mol. The van der Waals surface area contributed by atoms with E-state index in [1.54, 1.807) is 0 Å². The maximum Gasteiger partial charge on any atom is 0.0520 e. The van der Waals surface area contributed by atoms with Gasteiger partial charge in [-0.15, -0.1) is 0 Å². The summed E-state index contributed by atoms with van der Waals surface area (Å²) in [4.78, 5) is 0. The molecule has 0 aliphatic carbocycles. The lowest BCUT2D eigenvalue weighted by Crippen LogP contribution is -2.29. The van der Waals surface area contributed by atoms with E-state index in [0.717, 1.165) is 6.42 Å². The molecule has 0 radical (unpaired) electrons. The van der Waals surface area contributed by atoms with Crippen molar-refractivity contribution in [3.8, 4) is 0 Å². The first-order chi connectivity index (χ1) is 7.77. The van der Waals surface area contributed by atoms with Gasteiger partial charge in [0.05, 0.1) is 6.17 Å². The lowest BCUT2D eigenvalue weighted by Gasteiger charge is -2.03. The fourth-order valence-corrected chi connectivity index (χ4v) is 1.74. The van der Waals surface area contributed by atoms with E-state index in [0.29, 0.717) is 0 Å². The predicted molar refractivity (Wildman–Crippen MR) is 73.1 cm³/mol. The van der Waals surface area contributed by atoms with Crippen LogP contribution in [0.4, 0.5) is 0 Å². The number of nitrogens with two attached hydrogens (primary N) is 2. The molecule has 0 saturated carbocycles. The van der Waals surface area contributed by atoms with Gasteiger partial charge in [0.1, 0.15) is 0 Å². The van der Waals surface area contributed by atoms with E-state index in [-0.39, 0.29) is 6.17 Å². The predicted octanol–water partition coefficient (Wildman–Crippen LogP) is 3.71. The second-order valence-corrected chi connectivity index (χ2v) is 4.62. The molecule has 2 heteroatoms. The summed E-state index contributed by atoms with van der Waals surface area (Å²) in [5.41, 5.74) is 11.0. The van der Waals surface area contributed by atoms with Gasteiger partial charge in [-0.05, 0) is 32.1 Å². The fourth-order valence-electron chi connectivity index (χ4n) is 1.74. The number of hydrogen-bond acceptors (Lipinski definition) is 2. The largest absolute Gasteiger partial charge is 0.316 e. The van der Waals surface area contributed by atoms with Crippen LogP contribution in [-0.4, -0.2) is 6.17 Å². The van der Waals surface area contributed by atoms with Gasteiger partial charge in [-0.1, -0.05) is 51.2 Å². The molecular weight excluding hydrogens is 196 g/mol. The highest BCUT2D eigenvalue weighted by atomic mass is 14.8. The van der Waals surface area contributed by atoms with Crippen molar-refractivity contribution in [2.45, 2.75) is 77.3 Å². The zero-order valence-corrected chi connectivity index (χ0v) is 11.0. The third kappa shape index (κ3) is 13.7. The molecule has 96 valence electrons. The molecule has 4 N–H and O–H groups in total. The minimum atomic E-state index is -0.117. The molecular formula is C14H30N2. The molecule has 0 heterocycles. The third-order valence-corrected chi connectivity index (χ3v) is 2.80. The molecule has 0 aromatic heterocycles. The Hall–Kier alpha value is -0.340. The molecule has 0 aromatic carbocycles. The summed E-state index contributed by atoms with van der Waals surface area (Å²) in [5, 5.41) is 0. The first-order valence-electron chi connectivity index (χ1n) is 6.93. The summed E-state index contributed by atoms with van der Waals surface area (Å²) < 4.78 is 0. The Morgan fingerprint density at radius 3 is 1.88 bits per heavy atom. The van der Waals surface area contributed by atoms with Crippen molar-refractivity contribution in [3.05, 3.63) is 12.2 Å². The molecule has 0 saturated heterocycles. The molecule has 0 spiro atoms.